The quantitative estimate of drug-likeness (QED) is 0.0148. The third-order valence-corrected chi connectivity index (χ3v) is 16.4. The van der Waals surface area contributed by atoms with E-state index in [-0.39, 0.29) is 69.1 Å². The second-order valence-electron chi connectivity index (χ2n) is 26.0. The van der Waals surface area contributed by atoms with Gasteiger partial charge in [0, 0.05) is 32.2 Å². The Balaban J connectivity index is 1.87. The zero-order valence-electron chi connectivity index (χ0n) is 59.3. The number of rotatable bonds is 45. The maximum absolute atomic E-state index is 14.6. The fraction of sp³-hybridized carbons (Fsp3) is 0.522. The highest BCUT2D eigenvalue weighted by Crippen LogP contribution is 2.16. The van der Waals surface area contributed by atoms with Gasteiger partial charge in [-0.1, -0.05) is 121 Å². The van der Waals surface area contributed by atoms with Gasteiger partial charge >= 0.3 is 5.97 Å². The molecule has 0 radical (unpaired) electrons. The van der Waals surface area contributed by atoms with E-state index in [1.54, 1.807) is 84.0 Å². The van der Waals surface area contributed by atoms with Crippen LogP contribution in [-0.4, -0.2) is 190 Å². The Morgan fingerprint density at radius 1 is 0.466 bits per heavy atom. The molecule has 13 atom stereocenters. The number of aliphatic hydroxyl groups excluding tert-OH is 1. The van der Waals surface area contributed by atoms with Gasteiger partial charge in [-0.2, -0.15) is 0 Å². The lowest BCUT2D eigenvalue weighted by atomic mass is 9.96. The van der Waals surface area contributed by atoms with Crippen molar-refractivity contribution in [3.05, 3.63) is 102 Å². The fourth-order valence-electron chi connectivity index (χ4n) is 10.4. The predicted molar refractivity (Wildman–Crippen MR) is 378 cm³/mol. The van der Waals surface area contributed by atoms with Crippen molar-refractivity contribution < 1.29 is 82.4 Å². The summed E-state index contributed by atoms with van der Waals surface area (Å²) in [5, 5.41) is 58.5. The lowest BCUT2D eigenvalue weighted by Gasteiger charge is -2.30. The number of aliphatic carboxylic acids is 1. The molecule has 0 heterocycles. The first-order valence-corrected chi connectivity index (χ1v) is 33.9. The van der Waals surface area contributed by atoms with Crippen LogP contribution in [0.5, 0.6) is 5.75 Å². The summed E-state index contributed by atoms with van der Waals surface area (Å²) in [6.07, 6.45) is -3.75. The van der Waals surface area contributed by atoms with Crippen LogP contribution in [0.25, 0.3) is 0 Å². The average Bonchev–Trinajstić information content (AvgIpc) is 0.857. The molecule has 3 aromatic rings. The van der Waals surface area contributed by atoms with Gasteiger partial charge in [0.15, 0.2) is 5.96 Å². The maximum atomic E-state index is 14.6. The van der Waals surface area contributed by atoms with Crippen LogP contribution in [0.2, 0.25) is 0 Å². The highest BCUT2D eigenvalue weighted by Gasteiger charge is 2.38. The zero-order chi connectivity index (χ0) is 77.2. The maximum Gasteiger partial charge on any atom is 0.303 e. The molecule has 34 heteroatoms. The minimum absolute atomic E-state index is 0.0295. The van der Waals surface area contributed by atoms with E-state index in [4.69, 9.17) is 28.7 Å². The first kappa shape index (κ1) is 86.5. The van der Waals surface area contributed by atoms with Crippen molar-refractivity contribution in [3.63, 3.8) is 0 Å². The molecule has 3 aromatic carbocycles. The number of carbonyl (C=O) groups is 14. The summed E-state index contributed by atoms with van der Waals surface area (Å²) in [6.45, 7) is 11.8. The van der Waals surface area contributed by atoms with E-state index in [0.717, 1.165) is 12.5 Å². The van der Waals surface area contributed by atoms with E-state index < -0.39 is 193 Å². The number of phenols is 1. The number of hydrogen-bond donors (Lipinski definition) is 19. The number of nitrogens with one attached hydrogen (secondary N) is 11. The minimum atomic E-state index is -1.86. The van der Waals surface area contributed by atoms with Gasteiger partial charge in [-0.15, -0.1) is 0 Å². The van der Waals surface area contributed by atoms with Crippen LogP contribution in [0.1, 0.15) is 123 Å². The summed E-state index contributed by atoms with van der Waals surface area (Å²) < 4.78 is 0. The second-order valence-corrected chi connectivity index (χ2v) is 26.0. The van der Waals surface area contributed by atoms with E-state index in [2.05, 4.69) is 63.5 Å². The summed E-state index contributed by atoms with van der Waals surface area (Å²) in [5.74, 6) is -15.2. The van der Waals surface area contributed by atoms with E-state index in [0.29, 0.717) is 17.5 Å². The number of aliphatic imine (C=N–C) groups is 1. The van der Waals surface area contributed by atoms with Crippen LogP contribution in [0, 0.1) is 17.8 Å². The summed E-state index contributed by atoms with van der Waals surface area (Å²) in [6, 6.07) is 7.07. The molecule has 34 nitrogen and oxygen atoms in total. The molecule has 0 fully saturated rings. The van der Waals surface area contributed by atoms with Gasteiger partial charge in [0.1, 0.15) is 66.2 Å². The third kappa shape index (κ3) is 31.8. The van der Waals surface area contributed by atoms with Crippen molar-refractivity contribution in [3.8, 4) is 5.75 Å². The lowest BCUT2D eigenvalue weighted by molar-refractivity contribution is -0.138. The van der Waals surface area contributed by atoms with Gasteiger partial charge in [0.2, 0.25) is 76.8 Å². The van der Waals surface area contributed by atoms with Crippen molar-refractivity contribution in [2.75, 3.05) is 13.1 Å². The van der Waals surface area contributed by atoms with Gasteiger partial charge in [-0.25, -0.2) is 0 Å². The Labute approximate surface area is 597 Å². The van der Waals surface area contributed by atoms with Crippen LogP contribution in [0.4, 0.5) is 0 Å². The van der Waals surface area contributed by atoms with Gasteiger partial charge in [0.25, 0.3) is 0 Å². The lowest BCUT2D eigenvalue weighted by Crippen LogP contribution is -2.62. The van der Waals surface area contributed by atoms with Crippen LogP contribution in [0.3, 0.4) is 0 Å². The van der Waals surface area contributed by atoms with Crippen molar-refractivity contribution in [2.45, 2.75) is 199 Å². The second kappa shape index (κ2) is 43.8. The normalized spacial score (nSPS) is 14.9. The van der Waals surface area contributed by atoms with Crippen molar-refractivity contribution in [1.29, 1.82) is 0 Å². The third-order valence-electron chi connectivity index (χ3n) is 16.4. The van der Waals surface area contributed by atoms with E-state index in [1.165, 1.54) is 31.2 Å². The van der Waals surface area contributed by atoms with E-state index >= 15 is 0 Å². The number of nitrogens with two attached hydrogens (primary N) is 5. The molecule has 566 valence electrons. The van der Waals surface area contributed by atoms with Gasteiger partial charge in [-0.3, -0.25) is 72.1 Å². The predicted octanol–water partition coefficient (Wildman–Crippen LogP) is -3.47. The van der Waals surface area contributed by atoms with Gasteiger partial charge in [-0.05, 0) is 98.9 Å². The van der Waals surface area contributed by atoms with Crippen LogP contribution in [-0.2, 0) is 86.4 Å². The number of carboxylic acid groups (broad SMARTS) is 1. The van der Waals surface area contributed by atoms with E-state index in [9.17, 15) is 82.4 Å². The topological polar surface area (TPSA) is 574 Å². The molecule has 0 saturated heterocycles. The highest BCUT2D eigenvalue weighted by molar-refractivity contribution is 5.99. The average molecular weight is 1440 g/mol. The van der Waals surface area contributed by atoms with Gasteiger partial charge < -0.3 is 102 Å². The molecule has 0 bridgehead atoms. The number of amides is 13. The zero-order valence-corrected chi connectivity index (χ0v) is 59.3. The molecule has 0 saturated carbocycles. The number of nitrogens with zero attached hydrogens (tertiary/aromatic N) is 1. The number of carbonyl (C=O) groups excluding carboxylic acids is 13. The number of carboxylic acids is 1. The number of guanidine groups is 1. The summed E-state index contributed by atoms with van der Waals surface area (Å²) in [5.41, 5.74) is 29.5. The minimum Gasteiger partial charge on any atom is -0.508 e. The summed E-state index contributed by atoms with van der Waals surface area (Å²) in [4.78, 5) is 194. The number of primary amides is 2. The molecule has 103 heavy (non-hydrogen) atoms. The van der Waals surface area contributed by atoms with Crippen molar-refractivity contribution in [2.24, 2.45) is 51.4 Å². The van der Waals surface area contributed by atoms with Crippen LogP contribution >= 0.6 is 0 Å². The molecule has 0 spiro atoms. The number of aliphatic hydroxyl groups is 1. The molecule has 0 aliphatic rings. The molecule has 0 aliphatic carbocycles. The number of benzene rings is 3. The number of aromatic hydroxyl groups is 1. The number of hydrogen-bond acceptors (Lipinski definition) is 18. The Kier molecular flexibility index (Phi) is 36.8. The molecule has 0 aromatic heterocycles. The molecule has 0 unspecified atom stereocenters. The molecule has 0 aliphatic heterocycles. The smallest absolute Gasteiger partial charge is 0.303 e. The van der Waals surface area contributed by atoms with Crippen LogP contribution < -0.4 is 87.2 Å². The van der Waals surface area contributed by atoms with Crippen LogP contribution in [0.15, 0.2) is 89.9 Å². The van der Waals surface area contributed by atoms with Crippen molar-refractivity contribution in [1.82, 2.24) is 58.5 Å². The Bertz CT molecular complexity index is 3390. The van der Waals surface area contributed by atoms with Crippen molar-refractivity contribution >= 4 is 88.7 Å². The molecular formula is C69H103N17O17. The largest absolute Gasteiger partial charge is 0.508 e. The first-order valence-electron chi connectivity index (χ1n) is 33.9. The molecule has 24 N–H and O–H groups in total. The van der Waals surface area contributed by atoms with E-state index in [1.807, 2.05) is 18.2 Å². The monoisotopic (exact) mass is 1440 g/mol. The number of phenolic OH excluding ortho intramolecular Hbond substituents is 1. The summed E-state index contributed by atoms with van der Waals surface area (Å²) in [7, 11) is 0. The molecular weight excluding hydrogens is 1340 g/mol. The molecule has 3 rings (SSSR count). The molecule has 13 amide bonds. The Hall–Kier alpha value is -10.8. The highest BCUT2D eigenvalue weighted by atomic mass is 16.4. The van der Waals surface area contributed by atoms with Gasteiger partial charge in [0.05, 0.1) is 18.7 Å². The first-order chi connectivity index (χ1) is 48.5. The Morgan fingerprint density at radius 2 is 0.922 bits per heavy atom. The Morgan fingerprint density at radius 3 is 1.44 bits per heavy atom. The standard InChI is InChI=1S/C69H103N17O17/c1-9-38(6)56(85-59(94)39(7)77-66(101)55(37(4)5)84-60(95)45(70)32-41-17-12-10-13-18-41)67(102)83-51(33-42-19-14-11-15-20-42)65(100)86-57(40(8)87)68(103)82-50(34-43-22-24-44(88)25-23-43)61(96)76-35-53(90)78-47(27-29-54(91)92)62(97)81-49(31-36(2)3)64(99)80-48(26-28-52(71)89)63(98)79-46(58(72)93)21-16-30-75-69(73)74/h10-15,17-20,22-25,36-40,45-51,55-57,87-88H,9,16,21,26-35,70H2,1-8H3,(H2,71,89)(H2,72,93)(H,76,96)(H,77,101)(H,78,90)(H,79,98)(H,80,99)(H,81,97)(H,82,103)(H,83,102)(H,84,95)(H,85,94)(H,86,100)(H,91,92)(H4,73,74,75)/t38-,39-,40+,45-,46-,47-,48-,49-,50-,51-,55-,56-,57-/m0/s1. The summed E-state index contributed by atoms with van der Waals surface area (Å²) >= 11 is 0. The SMILES string of the molecule is CC[C@H](C)[C@H](NC(=O)[C@H](C)NC(=O)[C@@H](NC(=O)[C@@H](N)Cc1ccccc1)C(C)C)C(=O)N[C@@H](Cc1ccccc1)C(=O)N[C@H](C(=O)N[C@@H](Cc1ccc(O)cc1)C(=O)NCC(=O)N[C@@H](CCC(=O)O)C(=O)N[C@@H](CC(C)C)C(=O)N[C@@H](CCC(N)=O)C(=O)N[C@@H](CCCN=C(N)N)C(N)=O)[C@@H](C)O. The fourth-order valence-corrected chi connectivity index (χ4v) is 10.4.